The number of fused-ring (bicyclic) bond motifs is 1. The van der Waals surface area contributed by atoms with Gasteiger partial charge in [-0.25, -0.2) is 9.59 Å². The van der Waals surface area contributed by atoms with Gasteiger partial charge in [0.05, 0.1) is 44.6 Å². The Morgan fingerprint density at radius 1 is 0.765 bits per heavy atom. The molecule has 1 saturated heterocycles. The summed E-state index contributed by atoms with van der Waals surface area (Å²) in [5, 5.41) is 13.5. The molecule has 1 amide bonds. The molecule has 14 heteroatoms. The van der Waals surface area contributed by atoms with Crippen molar-refractivity contribution in [2.45, 2.75) is 56.6 Å². The maximum absolute atomic E-state index is 14.0. The number of ketones is 1. The van der Waals surface area contributed by atoms with E-state index in [4.69, 9.17) is 42.1 Å². The third-order valence-corrected chi connectivity index (χ3v) is 11.0. The van der Waals surface area contributed by atoms with E-state index in [-0.39, 0.29) is 69.2 Å². The van der Waals surface area contributed by atoms with Crippen molar-refractivity contribution < 1.29 is 43.2 Å². The smallest absolute Gasteiger partial charge is 0.437 e. The van der Waals surface area contributed by atoms with Crippen LogP contribution in [-0.4, -0.2) is 91.5 Å². The van der Waals surface area contributed by atoms with E-state index in [9.17, 15) is 24.3 Å². The van der Waals surface area contributed by atoms with Gasteiger partial charge in [-0.15, -0.1) is 0 Å². The van der Waals surface area contributed by atoms with E-state index in [1.54, 1.807) is 53.4 Å². The lowest BCUT2D eigenvalue weighted by Crippen LogP contribution is -2.52. The van der Waals surface area contributed by atoms with E-state index in [0.29, 0.717) is 49.6 Å². The SMILES string of the molecule is COC(=O)OC1=C(CC(=O)c2ccccc2)NC(CC(=O)N2CCN(C3CC4CC(O)CC4C3)CC2)=C(OC(=O)OC)C1c1c(Cl)cccc1Cl. The Balaban J connectivity index is 1.32. The number of rotatable bonds is 9. The number of hydrogen-bond donors (Lipinski definition) is 2. The zero-order valence-electron chi connectivity index (χ0n) is 28.4. The van der Waals surface area contributed by atoms with Gasteiger partial charge in [-0.3, -0.25) is 14.5 Å². The van der Waals surface area contributed by atoms with Gasteiger partial charge in [0.15, 0.2) is 5.78 Å². The van der Waals surface area contributed by atoms with Gasteiger partial charge >= 0.3 is 12.3 Å². The molecule has 2 aliphatic carbocycles. The Bertz CT molecular complexity index is 1690. The van der Waals surface area contributed by atoms with Gasteiger partial charge in [-0.1, -0.05) is 59.6 Å². The van der Waals surface area contributed by atoms with Crippen LogP contribution in [0.3, 0.4) is 0 Å². The van der Waals surface area contributed by atoms with E-state index in [1.165, 1.54) is 0 Å². The molecule has 3 fully saturated rings. The maximum Gasteiger partial charge on any atom is 0.513 e. The minimum atomic E-state index is -1.27. The molecular formula is C37H41Cl2N3O9. The number of allylic oxidation sites excluding steroid dienone is 1. The Labute approximate surface area is 306 Å². The number of benzene rings is 2. The van der Waals surface area contributed by atoms with E-state index in [1.807, 2.05) is 0 Å². The van der Waals surface area contributed by atoms with E-state index >= 15 is 0 Å². The van der Waals surface area contributed by atoms with Crippen molar-refractivity contribution in [3.05, 3.63) is 92.6 Å². The fraction of sp³-hybridized carbons (Fsp3) is 0.459. The minimum absolute atomic E-state index is 0.122. The van der Waals surface area contributed by atoms with Crippen molar-refractivity contribution in [3.8, 4) is 0 Å². The molecule has 0 radical (unpaired) electrons. The molecule has 0 bridgehead atoms. The summed E-state index contributed by atoms with van der Waals surface area (Å²) < 4.78 is 21.1. The van der Waals surface area contributed by atoms with Crippen LogP contribution in [0.15, 0.2) is 71.4 Å². The van der Waals surface area contributed by atoms with Crippen molar-refractivity contribution in [3.63, 3.8) is 0 Å². The van der Waals surface area contributed by atoms with Gasteiger partial charge in [-0.05, 0) is 49.7 Å². The number of aliphatic hydroxyl groups is 1. The number of nitrogens with one attached hydrogen (secondary N) is 1. The minimum Gasteiger partial charge on any atom is -0.437 e. The zero-order chi connectivity index (χ0) is 36.2. The molecule has 2 aromatic rings. The first kappa shape index (κ1) is 36.7. The summed E-state index contributed by atoms with van der Waals surface area (Å²) in [6, 6.07) is 13.7. The monoisotopic (exact) mass is 741 g/mol. The lowest BCUT2D eigenvalue weighted by molar-refractivity contribution is -0.132. The number of aliphatic hydroxyl groups excluding tert-OH is 1. The molecule has 2 saturated carbocycles. The van der Waals surface area contributed by atoms with E-state index < -0.39 is 18.2 Å². The van der Waals surface area contributed by atoms with Gasteiger partial charge in [0, 0.05) is 53.4 Å². The summed E-state index contributed by atoms with van der Waals surface area (Å²) in [4.78, 5) is 57.2. The van der Waals surface area contributed by atoms with Crippen molar-refractivity contribution in [1.29, 1.82) is 0 Å². The molecule has 6 rings (SSSR count). The first-order valence-corrected chi connectivity index (χ1v) is 17.8. The number of amides is 1. The van der Waals surface area contributed by atoms with Gasteiger partial charge < -0.3 is 34.3 Å². The number of dihydropyridines is 1. The zero-order valence-corrected chi connectivity index (χ0v) is 30.0. The quantitative estimate of drug-likeness (QED) is 0.230. The van der Waals surface area contributed by atoms with Crippen LogP contribution in [0.25, 0.3) is 0 Å². The van der Waals surface area contributed by atoms with Crippen molar-refractivity contribution in [2.24, 2.45) is 11.8 Å². The van der Waals surface area contributed by atoms with Crippen LogP contribution in [0.4, 0.5) is 9.59 Å². The number of methoxy groups -OCH3 is 2. The molecule has 51 heavy (non-hydrogen) atoms. The number of piperazine rings is 1. The lowest BCUT2D eigenvalue weighted by atomic mass is 9.87. The molecule has 0 aromatic heterocycles. The van der Waals surface area contributed by atoms with E-state index in [2.05, 4.69) is 10.2 Å². The molecular weight excluding hydrogens is 701 g/mol. The summed E-state index contributed by atoms with van der Waals surface area (Å²) >= 11 is 13.4. The van der Waals surface area contributed by atoms with E-state index in [0.717, 1.165) is 39.9 Å². The third kappa shape index (κ3) is 8.19. The molecule has 4 aliphatic rings. The highest BCUT2D eigenvalue weighted by molar-refractivity contribution is 6.36. The summed E-state index contributed by atoms with van der Waals surface area (Å²) in [7, 11) is 2.26. The van der Waals surface area contributed by atoms with Crippen LogP contribution >= 0.6 is 23.2 Å². The van der Waals surface area contributed by atoms with Crippen LogP contribution in [0.1, 0.15) is 60.4 Å². The number of hydrogen-bond acceptors (Lipinski definition) is 11. The van der Waals surface area contributed by atoms with Gasteiger partial charge in [0.25, 0.3) is 0 Å². The Morgan fingerprint density at radius 3 is 1.86 bits per heavy atom. The summed E-state index contributed by atoms with van der Waals surface area (Å²) in [6.45, 7) is 2.42. The second-order valence-electron chi connectivity index (χ2n) is 13.3. The highest BCUT2D eigenvalue weighted by atomic mass is 35.5. The second kappa shape index (κ2) is 16.1. The molecule has 2 heterocycles. The van der Waals surface area contributed by atoms with Crippen LogP contribution in [0.2, 0.25) is 10.0 Å². The summed E-state index contributed by atoms with van der Waals surface area (Å²) in [6.07, 6.45) is 0.932. The van der Waals surface area contributed by atoms with Crippen LogP contribution in [0.5, 0.6) is 0 Å². The molecule has 2 N–H and O–H groups in total. The van der Waals surface area contributed by atoms with Crippen LogP contribution in [0, 0.1) is 11.8 Å². The molecule has 2 aromatic carbocycles. The Morgan fingerprint density at radius 2 is 1.31 bits per heavy atom. The first-order valence-electron chi connectivity index (χ1n) is 17.0. The number of Topliss-reactive ketones (excluding diaryl/α,β-unsaturated/α-hetero) is 1. The first-order chi connectivity index (χ1) is 24.6. The van der Waals surface area contributed by atoms with Crippen molar-refractivity contribution in [1.82, 2.24) is 15.1 Å². The Kier molecular flexibility index (Phi) is 11.6. The van der Waals surface area contributed by atoms with Gasteiger partial charge in [0.2, 0.25) is 5.91 Å². The molecule has 12 nitrogen and oxygen atoms in total. The number of carbonyl (C=O) groups is 4. The molecule has 2 aliphatic heterocycles. The molecule has 272 valence electrons. The standard InChI is InChI=1S/C37H41Cl2N3O9/c1-48-36(46)50-34-28(19-30(44)21-7-4-3-5-8-21)40-29(35(51-37(47)49-2)33(34)32-26(38)9-6-10-27(32)39)20-31(45)42-13-11-41(12-14-42)24-15-22-17-25(43)18-23(22)16-24/h3-10,22-25,33,40,43H,11-20H2,1-2H3. The Hall–Kier alpha value is -4.10. The van der Waals surface area contributed by atoms with Gasteiger partial charge in [-0.2, -0.15) is 0 Å². The second-order valence-corrected chi connectivity index (χ2v) is 14.1. The molecule has 3 atom stereocenters. The molecule has 0 spiro atoms. The largest absolute Gasteiger partial charge is 0.513 e. The highest BCUT2D eigenvalue weighted by Crippen LogP contribution is 2.47. The summed E-state index contributed by atoms with van der Waals surface area (Å²) in [5.41, 5.74) is 0.868. The van der Waals surface area contributed by atoms with Crippen LogP contribution in [-0.2, 0) is 23.7 Å². The number of carbonyl (C=O) groups excluding carboxylic acids is 4. The predicted molar refractivity (Wildman–Crippen MR) is 187 cm³/mol. The summed E-state index contributed by atoms with van der Waals surface area (Å²) in [5.74, 6) is -1.01. The average molecular weight is 743 g/mol. The van der Waals surface area contributed by atoms with Crippen LogP contribution < -0.4 is 5.32 Å². The molecule has 3 unspecified atom stereocenters. The normalized spacial score (nSPS) is 24.9. The number of halogens is 2. The van der Waals surface area contributed by atoms with Gasteiger partial charge in [0.1, 0.15) is 17.4 Å². The topological polar surface area (TPSA) is 144 Å². The average Bonchev–Trinajstić information content (AvgIpc) is 3.68. The number of ether oxygens (including phenoxy) is 4. The highest BCUT2D eigenvalue weighted by Gasteiger charge is 2.44. The maximum atomic E-state index is 14.0. The van der Waals surface area contributed by atoms with Crippen molar-refractivity contribution >= 4 is 47.2 Å². The fourth-order valence-corrected chi connectivity index (χ4v) is 8.54. The lowest BCUT2D eigenvalue weighted by Gasteiger charge is -2.39. The predicted octanol–water partition coefficient (Wildman–Crippen LogP) is 6.03. The third-order valence-electron chi connectivity index (χ3n) is 10.3. The number of nitrogens with zero attached hydrogens (tertiary/aromatic N) is 2. The fourth-order valence-electron chi connectivity index (χ4n) is 7.92. The van der Waals surface area contributed by atoms with Crippen molar-refractivity contribution in [2.75, 3.05) is 40.4 Å².